The van der Waals surface area contributed by atoms with Crippen LogP contribution in [0.2, 0.25) is 0 Å². The zero-order valence-corrected chi connectivity index (χ0v) is 65.1. The molecule has 0 fully saturated rings. The van der Waals surface area contributed by atoms with Crippen LogP contribution in [0, 0.1) is 13.8 Å². The summed E-state index contributed by atoms with van der Waals surface area (Å²) in [7, 11) is 0. The van der Waals surface area contributed by atoms with Crippen molar-refractivity contribution >= 4 is 0 Å². The second kappa shape index (κ2) is 37.8. The number of benzene rings is 9. The lowest BCUT2D eigenvalue weighted by Gasteiger charge is -2.35. The first-order valence-corrected chi connectivity index (χ1v) is 42.0. The van der Waals surface area contributed by atoms with E-state index >= 15 is 0 Å². The van der Waals surface area contributed by atoms with E-state index in [0.29, 0.717) is 17.5 Å². The first kappa shape index (κ1) is 75.7. The van der Waals surface area contributed by atoms with Gasteiger partial charge in [-0.25, -0.2) is 15.0 Å². The number of rotatable bonds is 42. The molecule has 3 nitrogen and oxygen atoms in total. The van der Waals surface area contributed by atoms with Crippen molar-refractivity contribution in [3.63, 3.8) is 0 Å². The fraction of sp³-hybridized carbons (Fsp3) is 0.436. The Labute approximate surface area is 629 Å². The maximum atomic E-state index is 5.27. The molecule has 0 atom stereocenters. The normalized spacial score (nSPS) is 13.1. The third-order valence-electron chi connectivity index (χ3n) is 23.7. The van der Waals surface area contributed by atoms with Gasteiger partial charge in [0.2, 0.25) is 0 Å². The molecule has 1 aromatic heterocycles. The summed E-state index contributed by atoms with van der Waals surface area (Å²) < 4.78 is 0. The average Bonchev–Trinajstić information content (AvgIpc) is 1.52. The molecule has 0 radical (unpaired) electrons. The molecule has 0 aliphatic heterocycles. The molecule has 10 aromatic rings. The van der Waals surface area contributed by atoms with E-state index in [1.165, 1.54) is 298 Å². The third-order valence-corrected chi connectivity index (χ3v) is 23.7. The quantitative estimate of drug-likeness (QED) is 0.0358. The van der Waals surface area contributed by atoms with Crippen LogP contribution in [0.5, 0.6) is 0 Å². The van der Waals surface area contributed by atoms with Gasteiger partial charge in [-0.1, -0.05) is 395 Å². The summed E-state index contributed by atoms with van der Waals surface area (Å²) >= 11 is 0. The van der Waals surface area contributed by atoms with Crippen LogP contribution in [-0.4, -0.2) is 15.0 Å². The second-order valence-corrected chi connectivity index (χ2v) is 31.6. The molecule has 2 aliphatic carbocycles. The molecule has 0 bridgehead atoms. The van der Waals surface area contributed by atoms with Gasteiger partial charge in [0.15, 0.2) is 17.5 Å². The van der Waals surface area contributed by atoms with E-state index in [2.05, 4.69) is 243 Å². The highest BCUT2D eigenvalue weighted by Crippen LogP contribution is 2.59. The first-order chi connectivity index (χ1) is 51.2. The van der Waals surface area contributed by atoms with Gasteiger partial charge in [-0.2, -0.15) is 0 Å². The van der Waals surface area contributed by atoms with Gasteiger partial charge in [0.1, 0.15) is 0 Å². The lowest BCUT2D eigenvalue weighted by molar-refractivity contribution is 0.398. The van der Waals surface area contributed by atoms with Crippen LogP contribution < -0.4 is 0 Å². The molecule has 542 valence electrons. The molecular weight excluding hydrogens is 1260 g/mol. The smallest absolute Gasteiger partial charge is 0.164 e. The molecule has 9 aromatic carbocycles. The summed E-state index contributed by atoms with van der Waals surface area (Å²) in [6.45, 7) is 16.1. The summed E-state index contributed by atoms with van der Waals surface area (Å²) in [5, 5.41) is 0. The van der Waals surface area contributed by atoms with Gasteiger partial charge in [-0.15, -0.1) is 0 Å². The molecule has 0 amide bonds. The standard InChI is InChI=1S/C101H123N3/c1-8-13-18-23-26-27-28-29-30-35-40-77-50-54-82(55-51-77)98-102-97(81-52-47-75(6)48-53-81)103-99(104-98)83-58-56-80(57-59-83)84-60-64-89-90-65-61-85(73-94(90)100(93(89)72-84,67-36-31-24-19-14-9-2)68-37-32-25-20-15-10-3)86-62-66-92-91-63-49-76(7)69-95(91)101(96(92)74-86,87-45-38-43-78(70-87)41-33-21-16-11-4)88-46-39-44-79(71-88)42-34-22-17-12-5/h38-39,43-66,69-74H,8-37,40-42,67-68H2,1-7H3. The molecule has 0 unspecified atom stereocenters. The highest BCUT2D eigenvalue weighted by molar-refractivity contribution is 5.91. The van der Waals surface area contributed by atoms with E-state index in [9.17, 15) is 0 Å². The average molecular weight is 1380 g/mol. The van der Waals surface area contributed by atoms with Crippen LogP contribution in [0.3, 0.4) is 0 Å². The minimum absolute atomic E-state index is 0.131. The third kappa shape index (κ3) is 18.1. The molecule has 0 saturated heterocycles. The van der Waals surface area contributed by atoms with Crippen LogP contribution in [0.25, 0.3) is 78.7 Å². The van der Waals surface area contributed by atoms with E-state index < -0.39 is 5.41 Å². The Hall–Kier alpha value is -8.01. The monoisotopic (exact) mass is 1380 g/mol. The van der Waals surface area contributed by atoms with Gasteiger partial charge >= 0.3 is 0 Å². The summed E-state index contributed by atoms with van der Waals surface area (Å²) in [5.74, 6) is 2.11. The molecule has 2 aliphatic rings. The number of unbranched alkanes of at least 4 members (excludes halogenated alkanes) is 25. The van der Waals surface area contributed by atoms with E-state index in [-0.39, 0.29) is 5.41 Å². The Morgan fingerprint density at radius 3 is 0.990 bits per heavy atom. The van der Waals surface area contributed by atoms with Crippen LogP contribution >= 0.6 is 0 Å². The van der Waals surface area contributed by atoms with Gasteiger partial charge in [0.25, 0.3) is 0 Å². The van der Waals surface area contributed by atoms with Crippen molar-refractivity contribution in [1.82, 2.24) is 15.0 Å². The molecule has 12 rings (SSSR count). The predicted octanol–water partition coefficient (Wildman–Crippen LogP) is 29.7. The van der Waals surface area contributed by atoms with Gasteiger partial charge in [-0.05, 0) is 178 Å². The molecule has 0 spiro atoms. The molecule has 0 saturated carbocycles. The molecule has 0 N–H and O–H groups in total. The first-order valence-electron chi connectivity index (χ1n) is 42.0. The Morgan fingerprint density at radius 1 is 0.240 bits per heavy atom. The zero-order valence-electron chi connectivity index (χ0n) is 65.1. The topological polar surface area (TPSA) is 38.7 Å². The minimum atomic E-state index is -0.496. The van der Waals surface area contributed by atoms with E-state index in [1.807, 2.05) is 0 Å². The van der Waals surface area contributed by atoms with Crippen molar-refractivity contribution in [2.24, 2.45) is 0 Å². The largest absolute Gasteiger partial charge is 0.208 e. The van der Waals surface area contributed by atoms with Crippen LogP contribution in [0.4, 0.5) is 0 Å². The number of aryl methyl sites for hydroxylation is 5. The molecule has 104 heavy (non-hydrogen) atoms. The predicted molar refractivity (Wildman–Crippen MR) is 447 cm³/mol. The van der Waals surface area contributed by atoms with Crippen molar-refractivity contribution in [2.45, 2.75) is 284 Å². The molecular formula is C101H123N3. The Kier molecular flexibility index (Phi) is 27.5. The van der Waals surface area contributed by atoms with Crippen molar-refractivity contribution in [1.29, 1.82) is 0 Å². The van der Waals surface area contributed by atoms with Gasteiger partial charge in [0, 0.05) is 22.1 Å². The van der Waals surface area contributed by atoms with Gasteiger partial charge in [0.05, 0.1) is 5.41 Å². The number of nitrogens with zero attached hydrogens (tertiary/aromatic N) is 3. The zero-order chi connectivity index (χ0) is 71.9. The highest BCUT2D eigenvalue weighted by atomic mass is 15.0. The van der Waals surface area contributed by atoms with Crippen LogP contribution in [-0.2, 0) is 30.1 Å². The number of hydrogen-bond donors (Lipinski definition) is 0. The fourth-order valence-electron chi connectivity index (χ4n) is 17.7. The number of aromatic nitrogens is 3. The van der Waals surface area contributed by atoms with E-state index in [1.54, 1.807) is 0 Å². The lowest BCUT2D eigenvalue weighted by atomic mass is 9.66. The molecule has 1 heterocycles. The Morgan fingerprint density at radius 2 is 0.548 bits per heavy atom. The second-order valence-electron chi connectivity index (χ2n) is 31.6. The van der Waals surface area contributed by atoms with Crippen molar-refractivity contribution in [3.8, 4) is 78.7 Å². The van der Waals surface area contributed by atoms with Crippen LogP contribution in [0.1, 0.15) is 301 Å². The molecule has 3 heteroatoms. The fourth-order valence-corrected chi connectivity index (χ4v) is 17.7. The summed E-state index contributed by atoms with van der Waals surface area (Å²) in [5.41, 5.74) is 28.5. The summed E-state index contributed by atoms with van der Waals surface area (Å²) in [4.78, 5) is 15.7. The summed E-state index contributed by atoms with van der Waals surface area (Å²) in [6.07, 6.45) is 44.6. The SMILES string of the molecule is CCCCCCCCCCCCc1ccc(-c2nc(-c3ccc(C)cc3)nc(-c3ccc(-c4ccc5c(c4)C(CCCCCCCC)(CCCCCCCC)c4cc(-c6ccc7c(c6)C(c6cccc(CCCCCC)c6)(c6cccc(CCCCCC)c6)c6cc(C)ccc6-7)ccc4-5)cc3)n2)cc1. The Balaban J connectivity index is 0.907. The highest BCUT2D eigenvalue weighted by Gasteiger charge is 2.47. The Bertz CT molecular complexity index is 4270. The number of hydrogen-bond acceptors (Lipinski definition) is 3. The number of fused-ring (bicyclic) bond motifs is 6. The van der Waals surface area contributed by atoms with Crippen molar-refractivity contribution in [3.05, 3.63) is 255 Å². The van der Waals surface area contributed by atoms with Gasteiger partial charge in [-0.3, -0.25) is 0 Å². The summed E-state index contributed by atoms with van der Waals surface area (Å²) in [6, 6.07) is 76.7. The maximum absolute atomic E-state index is 5.27. The lowest BCUT2D eigenvalue weighted by Crippen LogP contribution is -2.29. The minimum Gasteiger partial charge on any atom is -0.208 e. The van der Waals surface area contributed by atoms with Crippen molar-refractivity contribution in [2.75, 3.05) is 0 Å². The van der Waals surface area contributed by atoms with Crippen molar-refractivity contribution < 1.29 is 0 Å². The maximum Gasteiger partial charge on any atom is 0.164 e. The van der Waals surface area contributed by atoms with E-state index in [0.717, 1.165) is 48.8 Å². The van der Waals surface area contributed by atoms with Crippen LogP contribution in [0.15, 0.2) is 194 Å². The van der Waals surface area contributed by atoms with Gasteiger partial charge < -0.3 is 0 Å². The van der Waals surface area contributed by atoms with E-state index in [4.69, 9.17) is 15.0 Å².